The lowest BCUT2D eigenvalue weighted by atomic mass is 9.82. The van der Waals surface area contributed by atoms with Crippen LogP contribution < -0.4 is 5.19 Å². The summed E-state index contributed by atoms with van der Waals surface area (Å²) in [5.41, 5.74) is 1.51. The summed E-state index contributed by atoms with van der Waals surface area (Å²) in [6.45, 7) is 6.69. The van der Waals surface area contributed by atoms with Gasteiger partial charge in [0, 0.05) is 26.5 Å². The number of hydrogen-bond acceptors (Lipinski definition) is 3. The highest BCUT2D eigenvalue weighted by Crippen LogP contribution is 2.26. The van der Waals surface area contributed by atoms with E-state index in [1.54, 1.807) is 21.3 Å². The van der Waals surface area contributed by atoms with Crippen LogP contribution in [0.15, 0.2) is 24.3 Å². The van der Waals surface area contributed by atoms with E-state index >= 15 is 0 Å². The maximum absolute atomic E-state index is 5.47. The van der Waals surface area contributed by atoms with Crippen molar-refractivity contribution in [1.82, 2.24) is 0 Å². The van der Waals surface area contributed by atoms with Gasteiger partial charge >= 0.3 is 8.80 Å². The van der Waals surface area contributed by atoms with Crippen molar-refractivity contribution in [3.63, 3.8) is 0 Å². The van der Waals surface area contributed by atoms with Gasteiger partial charge < -0.3 is 13.3 Å². The minimum atomic E-state index is -2.69. The summed E-state index contributed by atoms with van der Waals surface area (Å²) >= 11 is 0. The van der Waals surface area contributed by atoms with Crippen molar-refractivity contribution in [2.45, 2.75) is 32.6 Å². The standard InChI is InChI=1S/C14H24O3Si/c1-7-14(2,3)12-8-10-13(11-9-12)18(15-4,16-5)17-6/h8-11H,7H2,1-6H3. The molecule has 1 aromatic rings. The Morgan fingerprint density at radius 3 is 1.72 bits per heavy atom. The molecule has 0 radical (unpaired) electrons. The second kappa shape index (κ2) is 5.97. The number of rotatable bonds is 6. The molecule has 102 valence electrons. The molecule has 0 aliphatic heterocycles. The predicted octanol–water partition coefficient (Wildman–Crippen LogP) is 2.46. The fourth-order valence-corrected chi connectivity index (χ4v) is 3.72. The van der Waals surface area contributed by atoms with Crippen LogP contribution in [0.25, 0.3) is 0 Å². The molecule has 0 heterocycles. The van der Waals surface area contributed by atoms with Gasteiger partial charge in [-0.1, -0.05) is 45.0 Å². The first-order valence-corrected chi connectivity index (χ1v) is 7.94. The molecular formula is C14H24O3Si. The number of benzene rings is 1. The Hall–Kier alpha value is -0.683. The summed E-state index contributed by atoms with van der Waals surface area (Å²) in [5.74, 6) is 0. The van der Waals surface area contributed by atoms with Gasteiger partial charge in [0.05, 0.1) is 0 Å². The molecule has 0 amide bonds. The van der Waals surface area contributed by atoms with E-state index in [-0.39, 0.29) is 5.41 Å². The lowest BCUT2D eigenvalue weighted by Gasteiger charge is -2.27. The first-order valence-electron chi connectivity index (χ1n) is 6.22. The largest absolute Gasteiger partial charge is 0.536 e. The van der Waals surface area contributed by atoms with Gasteiger partial charge in [0.15, 0.2) is 0 Å². The van der Waals surface area contributed by atoms with Gasteiger partial charge in [0.1, 0.15) is 0 Å². The zero-order valence-corrected chi connectivity index (χ0v) is 13.2. The summed E-state index contributed by atoms with van der Waals surface area (Å²) < 4.78 is 16.4. The predicted molar refractivity (Wildman–Crippen MR) is 76.2 cm³/mol. The van der Waals surface area contributed by atoms with Crippen molar-refractivity contribution in [2.24, 2.45) is 0 Å². The van der Waals surface area contributed by atoms with Crippen molar-refractivity contribution < 1.29 is 13.3 Å². The Labute approximate surface area is 111 Å². The van der Waals surface area contributed by atoms with Gasteiger partial charge in [-0.05, 0) is 17.4 Å². The van der Waals surface area contributed by atoms with Crippen LogP contribution in [-0.2, 0) is 18.7 Å². The average molecular weight is 268 g/mol. The van der Waals surface area contributed by atoms with E-state index in [1.165, 1.54) is 5.56 Å². The molecule has 0 saturated heterocycles. The third-order valence-corrected chi connectivity index (χ3v) is 6.36. The summed E-state index contributed by atoms with van der Waals surface area (Å²) in [5, 5.41) is 0.991. The second-order valence-electron chi connectivity index (χ2n) is 4.98. The first-order chi connectivity index (χ1) is 8.45. The molecule has 1 rings (SSSR count). The van der Waals surface area contributed by atoms with Crippen LogP contribution in [0.5, 0.6) is 0 Å². The molecule has 0 aromatic heterocycles. The van der Waals surface area contributed by atoms with Gasteiger partial charge in [-0.25, -0.2) is 0 Å². The van der Waals surface area contributed by atoms with Crippen LogP contribution in [0.1, 0.15) is 32.8 Å². The lowest BCUT2D eigenvalue weighted by Crippen LogP contribution is -2.54. The van der Waals surface area contributed by atoms with E-state index in [0.29, 0.717) is 0 Å². The van der Waals surface area contributed by atoms with Crippen LogP contribution in [-0.4, -0.2) is 30.1 Å². The smallest absolute Gasteiger partial charge is 0.373 e. The van der Waals surface area contributed by atoms with E-state index in [1.807, 2.05) is 0 Å². The lowest BCUT2D eigenvalue weighted by molar-refractivity contribution is 0.140. The Morgan fingerprint density at radius 2 is 1.39 bits per heavy atom. The highest BCUT2D eigenvalue weighted by molar-refractivity contribution is 6.75. The molecule has 0 spiro atoms. The van der Waals surface area contributed by atoms with Crippen molar-refractivity contribution in [3.05, 3.63) is 29.8 Å². The summed E-state index contributed by atoms with van der Waals surface area (Å²) in [7, 11) is 2.20. The molecule has 3 nitrogen and oxygen atoms in total. The van der Waals surface area contributed by atoms with Crippen LogP contribution in [0.4, 0.5) is 0 Å². The first kappa shape index (κ1) is 15.4. The fourth-order valence-electron chi connectivity index (χ4n) is 1.93. The third kappa shape index (κ3) is 2.83. The summed E-state index contributed by atoms with van der Waals surface area (Å²) in [6, 6.07) is 8.38. The van der Waals surface area contributed by atoms with Gasteiger partial charge in [0.25, 0.3) is 0 Å². The highest BCUT2D eigenvalue weighted by atomic mass is 28.4. The maximum atomic E-state index is 5.47. The van der Waals surface area contributed by atoms with E-state index < -0.39 is 8.80 Å². The van der Waals surface area contributed by atoms with Crippen molar-refractivity contribution in [2.75, 3.05) is 21.3 Å². The van der Waals surface area contributed by atoms with Crippen molar-refractivity contribution in [3.8, 4) is 0 Å². The minimum absolute atomic E-state index is 0.190. The Balaban J connectivity index is 3.09. The van der Waals surface area contributed by atoms with Crippen molar-refractivity contribution >= 4 is 14.0 Å². The topological polar surface area (TPSA) is 27.7 Å². The molecule has 0 N–H and O–H groups in total. The quantitative estimate of drug-likeness (QED) is 0.742. The highest BCUT2D eigenvalue weighted by Gasteiger charge is 2.40. The normalized spacial score (nSPS) is 12.8. The Kier molecular flexibility index (Phi) is 5.10. The molecule has 0 saturated carbocycles. The molecule has 0 fully saturated rings. The molecule has 18 heavy (non-hydrogen) atoms. The molecule has 0 atom stereocenters. The third-order valence-electron chi connectivity index (χ3n) is 3.71. The van der Waals surface area contributed by atoms with Gasteiger partial charge in [-0.15, -0.1) is 0 Å². The number of hydrogen-bond donors (Lipinski definition) is 0. The van der Waals surface area contributed by atoms with E-state index in [4.69, 9.17) is 13.3 Å². The van der Waals surface area contributed by atoms with Crippen LogP contribution in [0.2, 0.25) is 0 Å². The Bertz CT molecular complexity index is 361. The Morgan fingerprint density at radius 1 is 0.944 bits per heavy atom. The van der Waals surface area contributed by atoms with Crippen LogP contribution in [0, 0.1) is 0 Å². The maximum Gasteiger partial charge on any atom is 0.536 e. The van der Waals surface area contributed by atoms with Gasteiger partial charge in [-0.2, -0.15) is 0 Å². The molecule has 4 heteroatoms. The zero-order valence-electron chi connectivity index (χ0n) is 12.2. The van der Waals surface area contributed by atoms with Gasteiger partial charge in [-0.3, -0.25) is 0 Å². The van der Waals surface area contributed by atoms with E-state index in [2.05, 4.69) is 45.0 Å². The van der Waals surface area contributed by atoms with Crippen LogP contribution in [0.3, 0.4) is 0 Å². The SMILES string of the molecule is CCC(C)(C)c1ccc([Si](OC)(OC)OC)cc1. The fraction of sp³-hybridized carbons (Fsp3) is 0.571. The molecule has 0 unspecified atom stereocenters. The monoisotopic (exact) mass is 268 g/mol. The zero-order chi connectivity index (χ0) is 13.8. The summed E-state index contributed by atoms with van der Waals surface area (Å²) in [6.07, 6.45) is 1.10. The molecular weight excluding hydrogens is 244 g/mol. The van der Waals surface area contributed by atoms with E-state index in [0.717, 1.165) is 11.6 Å². The summed E-state index contributed by atoms with van der Waals surface area (Å²) in [4.78, 5) is 0. The van der Waals surface area contributed by atoms with Crippen LogP contribution >= 0.6 is 0 Å². The van der Waals surface area contributed by atoms with E-state index in [9.17, 15) is 0 Å². The second-order valence-corrected chi connectivity index (χ2v) is 7.90. The minimum Gasteiger partial charge on any atom is -0.373 e. The van der Waals surface area contributed by atoms with Crippen molar-refractivity contribution in [1.29, 1.82) is 0 Å². The molecule has 0 aliphatic rings. The average Bonchev–Trinajstić information content (AvgIpc) is 2.42. The molecule has 0 aliphatic carbocycles. The molecule has 0 bridgehead atoms. The molecule has 1 aromatic carbocycles. The van der Waals surface area contributed by atoms with Gasteiger partial charge in [0.2, 0.25) is 0 Å².